The van der Waals surface area contributed by atoms with Gasteiger partial charge in [0.1, 0.15) is 0 Å². The topological polar surface area (TPSA) is 148 Å². The fraction of sp³-hybridized carbons (Fsp3) is 0.444. The maximum atomic E-state index is 11.1. The van der Waals surface area contributed by atoms with Crippen LogP contribution in [0.4, 0.5) is 5.13 Å². The van der Waals surface area contributed by atoms with Crippen molar-refractivity contribution in [3.8, 4) is 0 Å². The van der Waals surface area contributed by atoms with Crippen molar-refractivity contribution in [1.82, 2.24) is 20.5 Å². The highest BCUT2D eigenvalue weighted by Gasteiger charge is 2.22. The van der Waals surface area contributed by atoms with Crippen LogP contribution in [0.25, 0.3) is 11.1 Å². The first-order valence-electron chi connectivity index (χ1n) is 17.0. The Bertz CT molecular complexity index is 1580. The van der Waals surface area contributed by atoms with Gasteiger partial charge in [-0.15, -0.1) is 11.3 Å². The number of aromatic nitrogens is 1. The SMILES string of the molecule is NC(N)=Nc1nc(CSCCN/C(=C/[N+](=O)[O-])NCCCCCCCN2CCC(=C3C=CC4=C(CCC=C4)c4ccccc43)CC2)cs1. The lowest BCUT2D eigenvalue weighted by Gasteiger charge is -2.30. The second-order valence-corrected chi connectivity index (χ2v) is 14.2. The number of rotatable bonds is 17. The number of piperidine rings is 1. The second kappa shape index (κ2) is 18.6. The van der Waals surface area contributed by atoms with E-state index in [4.69, 9.17) is 11.5 Å². The quantitative estimate of drug-likeness (QED) is 0.0468. The van der Waals surface area contributed by atoms with E-state index < -0.39 is 4.92 Å². The number of hydrogen-bond acceptors (Lipinski definition) is 9. The fourth-order valence-electron chi connectivity index (χ4n) is 6.43. The van der Waals surface area contributed by atoms with Gasteiger partial charge in [0.2, 0.25) is 5.13 Å². The molecule has 6 N–H and O–H groups in total. The molecule has 5 rings (SSSR count). The number of nitrogens with zero attached hydrogens (tertiary/aromatic N) is 4. The fourth-order valence-corrected chi connectivity index (χ4v) is 7.99. The van der Waals surface area contributed by atoms with Crippen LogP contribution in [0.3, 0.4) is 0 Å². The number of allylic oxidation sites excluding steroid dienone is 7. The lowest BCUT2D eigenvalue weighted by Crippen LogP contribution is -2.31. The van der Waals surface area contributed by atoms with E-state index in [0.717, 1.165) is 81.6 Å². The van der Waals surface area contributed by atoms with Crippen LogP contribution in [0, 0.1) is 10.1 Å². The van der Waals surface area contributed by atoms with Gasteiger partial charge in [-0.05, 0) is 72.9 Å². The first kappa shape index (κ1) is 35.4. The van der Waals surface area contributed by atoms with E-state index in [9.17, 15) is 10.1 Å². The summed E-state index contributed by atoms with van der Waals surface area (Å²) in [5, 5.41) is 19.9. The summed E-state index contributed by atoms with van der Waals surface area (Å²) in [5.74, 6) is 1.96. The zero-order valence-electron chi connectivity index (χ0n) is 27.7. The highest BCUT2D eigenvalue weighted by atomic mass is 32.2. The standard InChI is InChI=1S/C36H48N8O2S2/c37-35(38)42-36-41-29(26-48-36)25-47-23-19-40-34(24-44(45)46)39-18-8-2-1-3-9-20-43-21-16-28(17-22-43)31-15-14-27-10-4-5-11-30(27)32-12-6-7-13-33(31)32/h4,6-7,10,12-15,24,26,39-40H,1-3,5,8-9,11,16-23,25H2,(H4,37,38,41,42)/b34-24+. The number of aliphatic imine (C=N–C) groups is 1. The van der Waals surface area contributed by atoms with Gasteiger partial charge < -0.3 is 27.0 Å². The molecule has 2 aromatic rings. The third-order valence-corrected chi connectivity index (χ3v) is 10.6. The maximum absolute atomic E-state index is 11.1. The van der Waals surface area contributed by atoms with Gasteiger partial charge in [0, 0.05) is 43.1 Å². The Kier molecular flexibility index (Phi) is 13.7. The van der Waals surface area contributed by atoms with Crippen molar-refractivity contribution in [1.29, 1.82) is 0 Å². The lowest BCUT2D eigenvalue weighted by molar-refractivity contribution is -0.404. The number of guanidine groups is 1. The Morgan fingerprint density at radius 2 is 1.79 bits per heavy atom. The van der Waals surface area contributed by atoms with Crippen molar-refractivity contribution in [3.05, 3.63) is 104 Å². The van der Waals surface area contributed by atoms with Gasteiger partial charge in [0.25, 0.3) is 6.20 Å². The number of nitrogens with two attached hydrogens (primary N) is 2. The van der Waals surface area contributed by atoms with Crippen molar-refractivity contribution in [2.24, 2.45) is 16.5 Å². The largest absolute Gasteiger partial charge is 0.370 e. The lowest BCUT2D eigenvalue weighted by atomic mass is 9.87. The Morgan fingerprint density at radius 1 is 1.02 bits per heavy atom. The van der Waals surface area contributed by atoms with Crippen LogP contribution in [0.15, 0.2) is 82.1 Å². The molecule has 256 valence electrons. The summed E-state index contributed by atoms with van der Waals surface area (Å²) < 4.78 is 0. The number of hydrogen-bond donors (Lipinski definition) is 4. The van der Waals surface area contributed by atoms with E-state index in [1.165, 1.54) is 58.4 Å². The smallest absolute Gasteiger partial charge is 0.274 e. The third kappa shape index (κ3) is 10.8. The molecule has 0 bridgehead atoms. The molecule has 0 unspecified atom stereocenters. The van der Waals surface area contributed by atoms with Crippen molar-refractivity contribution in [3.63, 3.8) is 0 Å². The molecule has 2 aliphatic carbocycles. The van der Waals surface area contributed by atoms with Crippen LogP contribution in [0.2, 0.25) is 0 Å². The van der Waals surface area contributed by atoms with Crippen LogP contribution in [-0.2, 0) is 5.75 Å². The molecule has 48 heavy (non-hydrogen) atoms. The molecule has 0 radical (unpaired) electrons. The van der Waals surface area contributed by atoms with Crippen molar-refractivity contribution < 1.29 is 4.92 Å². The monoisotopic (exact) mass is 688 g/mol. The zero-order valence-corrected chi connectivity index (χ0v) is 29.3. The molecule has 1 fully saturated rings. The van der Waals surface area contributed by atoms with Gasteiger partial charge in [-0.1, -0.05) is 73.4 Å². The van der Waals surface area contributed by atoms with Crippen LogP contribution in [0.5, 0.6) is 0 Å². The number of benzene rings is 1. The van der Waals surface area contributed by atoms with Crippen molar-refractivity contribution in [2.45, 2.75) is 63.5 Å². The van der Waals surface area contributed by atoms with Crippen molar-refractivity contribution in [2.75, 3.05) is 38.5 Å². The number of fused-ring (bicyclic) bond motifs is 2. The molecule has 0 amide bonds. The third-order valence-electron chi connectivity index (χ3n) is 8.80. The van der Waals surface area contributed by atoms with E-state index in [1.54, 1.807) is 17.3 Å². The zero-order chi connectivity index (χ0) is 33.6. The molecule has 3 aliphatic rings. The Hall–Kier alpha value is -3.87. The van der Waals surface area contributed by atoms with E-state index in [2.05, 4.69) is 74.1 Å². The second-order valence-electron chi connectivity index (χ2n) is 12.3. The van der Waals surface area contributed by atoms with Gasteiger partial charge >= 0.3 is 0 Å². The van der Waals surface area contributed by atoms with Gasteiger partial charge in [-0.3, -0.25) is 10.1 Å². The Labute approximate surface area is 292 Å². The highest BCUT2D eigenvalue weighted by molar-refractivity contribution is 7.98. The number of thioether (sulfide) groups is 1. The van der Waals surface area contributed by atoms with Crippen LogP contribution in [-0.4, -0.2) is 59.2 Å². The number of unbranched alkanes of at least 4 members (excludes halogenated alkanes) is 4. The van der Waals surface area contributed by atoms with Crippen LogP contribution < -0.4 is 22.1 Å². The minimum Gasteiger partial charge on any atom is -0.370 e. The van der Waals surface area contributed by atoms with E-state index >= 15 is 0 Å². The predicted octanol–water partition coefficient (Wildman–Crippen LogP) is 6.71. The summed E-state index contributed by atoms with van der Waals surface area (Å²) in [6, 6.07) is 8.99. The molecule has 1 aromatic heterocycles. The Morgan fingerprint density at radius 3 is 2.60 bits per heavy atom. The maximum Gasteiger partial charge on any atom is 0.274 e. The average Bonchev–Trinajstić information content (AvgIpc) is 3.45. The minimum atomic E-state index is -0.420. The molecular formula is C36H48N8O2S2. The summed E-state index contributed by atoms with van der Waals surface area (Å²) in [5.41, 5.74) is 20.4. The number of nitrogens with one attached hydrogen (secondary N) is 2. The van der Waals surface area contributed by atoms with Crippen LogP contribution >= 0.6 is 23.1 Å². The minimum absolute atomic E-state index is 0.00523. The molecule has 1 saturated heterocycles. The Balaban J connectivity index is 0.940. The van der Waals surface area contributed by atoms with Gasteiger partial charge in [-0.2, -0.15) is 16.8 Å². The molecule has 1 aliphatic heterocycles. The summed E-state index contributed by atoms with van der Waals surface area (Å²) >= 11 is 3.08. The highest BCUT2D eigenvalue weighted by Crippen LogP contribution is 2.39. The molecule has 12 heteroatoms. The number of nitro groups is 1. The predicted molar refractivity (Wildman–Crippen MR) is 201 cm³/mol. The average molecular weight is 689 g/mol. The summed E-state index contributed by atoms with van der Waals surface area (Å²) in [6.07, 6.45) is 20.5. The first-order valence-corrected chi connectivity index (χ1v) is 19.1. The first-order chi connectivity index (χ1) is 23.5. The van der Waals surface area contributed by atoms with E-state index in [-0.39, 0.29) is 5.96 Å². The number of likely N-dealkylation sites (tertiary alicyclic amines) is 1. The molecule has 1 aromatic carbocycles. The number of thiazole rings is 1. The normalized spacial score (nSPS) is 16.4. The van der Waals surface area contributed by atoms with Gasteiger partial charge in [0.15, 0.2) is 11.8 Å². The van der Waals surface area contributed by atoms with Gasteiger partial charge in [-0.25, -0.2) is 4.98 Å². The molecular weight excluding hydrogens is 641 g/mol. The summed E-state index contributed by atoms with van der Waals surface area (Å²) in [4.78, 5) is 21.6. The van der Waals surface area contributed by atoms with Crippen molar-refractivity contribution >= 4 is 45.3 Å². The van der Waals surface area contributed by atoms with E-state index in [0.29, 0.717) is 24.0 Å². The van der Waals surface area contributed by atoms with E-state index in [1.807, 2.05) is 5.38 Å². The molecule has 10 nitrogen and oxygen atoms in total. The summed E-state index contributed by atoms with van der Waals surface area (Å²) in [6.45, 7) is 4.74. The molecule has 0 atom stereocenters. The molecule has 0 saturated carbocycles. The van der Waals surface area contributed by atoms with Crippen LogP contribution in [0.1, 0.15) is 74.6 Å². The summed E-state index contributed by atoms with van der Waals surface area (Å²) in [7, 11) is 0. The van der Waals surface area contributed by atoms with Gasteiger partial charge in [0.05, 0.1) is 10.6 Å². The molecule has 2 heterocycles. The molecule has 0 spiro atoms.